The van der Waals surface area contributed by atoms with E-state index in [2.05, 4.69) is 28.3 Å². The second kappa shape index (κ2) is 8.25. The van der Waals surface area contributed by atoms with E-state index in [-0.39, 0.29) is 0 Å². The Hall–Kier alpha value is -2.93. The quantitative estimate of drug-likeness (QED) is 0.807. The van der Waals surface area contributed by atoms with Crippen LogP contribution in [0, 0.1) is 12.3 Å². The molecule has 0 aliphatic rings. The molecule has 1 N–H and O–H groups in total. The molecule has 0 radical (unpaired) electrons. The van der Waals surface area contributed by atoms with Crippen LogP contribution in [0.3, 0.4) is 0 Å². The second-order valence-electron chi connectivity index (χ2n) is 6.72. The first-order chi connectivity index (χ1) is 11.9. The molecule has 4 heteroatoms. The number of benzene rings is 2. The van der Waals surface area contributed by atoms with Crippen LogP contribution in [-0.4, -0.2) is 18.2 Å². The molecule has 0 spiro atoms. The monoisotopic (exact) mass is 336 g/mol. The summed E-state index contributed by atoms with van der Waals surface area (Å²) >= 11 is 0. The van der Waals surface area contributed by atoms with Gasteiger partial charge in [-0.1, -0.05) is 36.3 Å². The van der Waals surface area contributed by atoms with Crippen LogP contribution in [-0.2, 0) is 11.3 Å². The standard InChI is InChI=1S/C21H24N2O2/c1-5-15-23(16-17-9-7-6-8-10-17)19-13-11-18(12-14-19)22-20(24)25-21(2,3)4/h1,6-14H,15-16H2,2-4H3,(H,22,24). The summed E-state index contributed by atoms with van der Waals surface area (Å²) in [5.41, 5.74) is 2.34. The maximum absolute atomic E-state index is 11.8. The van der Waals surface area contributed by atoms with Crippen molar-refractivity contribution in [1.29, 1.82) is 0 Å². The van der Waals surface area contributed by atoms with Gasteiger partial charge in [0.25, 0.3) is 0 Å². The van der Waals surface area contributed by atoms with Gasteiger partial charge in [0.05, 0.1) is 6.54 Å². The number of hydrogen-bond acceptors (Lipinski definition) is 3. The van der Waals surface area contributed by atoms with Crippen molar-refractivity contribution in [3.63, 3.8) is 0 Å². The Morgan fingerprint density at radius 2 is 1.76 bits per heavy atom. The summed E-state index contributed by atoms with van der Waals surface area (Å²) in [6.45, 7) is 6.72. The fraction of sp³-hybridized carbons (Fsp3) is 0.286. The molecule has 0 aliphatic heterocycles. The molecule has 1 amide bonds. The molecule has 0 aromatic heterocycles. The molecule has 2 rings (SSSR count). The minimum absolute atomic E-state index is 0.468. The number of hydrogen-bond donors (Lipinski definition) is 1. The van der Waals surface area contributed by atoms with Gasteiger partial charge in [0.15, 0.2) is 0 Å². The van der Waals surface area contributed by atoms with Crippen LogP contribution in [0.5, 0.6) is 0 Å². The van der Waals surface area contributed by atoms with Gasteiger partial charge in [-0.2, -0.15) is 0 Å². The van der Waals surface area contributed by atoms with Gasteiger partial charge < -0.3 is 9.64 Å². The molecule has 0 atom stereocenters. The second-order valence-corrected chi connectivity index (χ2v) is 6.72. The SMILES string of the molecule is C#CCN(Cc1ccccc1)c1ccc(NC(=O)OC(C)(C)C)cc1. The van der Waals surface area contributed by atoms with Crippen LogP contribution >= 0.6 is 0 Å². The Bertz CT molecular complexity index is 725. The molecule has 0 aliphatic carbocycles. The first-order valence-corrected chi connectivity index (χ1v) is 8.20. The minimum Gasteiger partial charge on any atom is -0.444 e. The molecule has 0 heterocycles. The third-order valence-electron chi connectivity index (χ3n) is 3.38. The number of rotatable bonds is 5. The summed E-state index contributed by atoms with van der Waals surface area (Å²) in [4.78, 5) is 13.9. The Balaban J connectivity index is 2.05. The fourth-order valence-corrected chi connectivity index (χ4v) is 2.33. The van der Waals surface area contributed by atoms with E-state index in [1.165, 1.54) is 5.56 Å². The summed E-state index contributed by atoms with van der Waals surface area (Å²) in [5, 5.41) is 2.73. The van der Waals surface area contributed by atoms with E-state index < -0.39 is 11.7 Å². The molecular weight excluding hydrogens is 312 g/mol. The lowest BCUT2D eigenvalue weighted by Gasteiger charge is -2.23. The van der Waals surface area contributed by atoms with E-state index in [0.29, 0.717) is 12.2 Å². The van der Waals surface area contributed by atoms with Gasteiger partial charge in [-0.15, -0.1) is 6.42 Å². The maximum Gasteiger partial charge on any atom is 0.412 e. The number of carbonyl (C=O) groups is 1. The van der Waals surface area contributed by atoms with Crippen molar-refractivity contribution in [3.8, 4) is 12.3 Å². The highest BCUT2D eigenvalue weighted by Crippen LogP contribution is 2.20. The maximum atomic E-state index is 11.8. The number of carbonyl (C=O) groups excluding carboxylic acids is 1. The van der Waals surface area contributed by atoms with Crippen LogP contribution in [0.15, 0.2) is 54.6 Å². The third kappa shape index (κ3) is 6.23. The molecule has 0 bridgehead atoms. The van der Waals surface area contributed by atoms with E-state index in [0.717, 1.165) is 12.2 Å². The zero-order chi connectivity index (χ0) is 18.3. The normalized spacial score (nSPS) is 10.6. The van der Waals surface area contributed by atoms with Crippen molar-refractivity contribution >= 4 is 17.5 Å². The first kappa shape index (κ1) is 18.4. The molecule has 0 saturated heterocycles. The molecule has 2 aromatic rings. The summed E-state index contributed by atoms with van der Waals surface area (Å²) in [5.74, 6) is 2.70. The summed E-state index contributed by atoms with van der Waals surface area (Å²) in [6.07, 6.45) is 5.04. The Morgan fingerprint density at radius 3 is 2.32 bits per heavy atom. The summed E-state index contributed by atoms with van der Waals surface area (Å²) in [6, 6.07) is 17.7. The molecule has 0 saturated carbocycles. The number of anilines is 2. The molecule has 130 valence electrons. The molecular formula is C21H24N2O2. The van der Waals surface area contributed by atoms with Gasteiger partial charge >= 0.3 is 6.09 Å². The molecule has 0 unspecified atom stereocenters. The van der Waals surface area contributed by atoms with Crippen molar-refractivity contribution in [2.24, 2.45) is 0 Å². The lowest BCUT2D eigenvalue weighted by atomic mass is 10.2. The number of amides is 1. The molecule has 25 heavy (non-hydrogen) atoms. The van der Waals surface area contributed by atoms with E-state index >= 15 is 0 Å². The zero-order valence-electron chi connectivity index (χ0n) is 15.0. The van der Waals surface area contributed by atoms with Crippen LogP contribution in [0.1, 0.15) is 26.3 Å². The van der Waals surface area contributed by atoms with Crippen molar-refractivity contribution in [3.05, 3.63) is 60.2 Å². The predicted octanol–water partition coefficient (Wildman–Crippen LogP) is 4.67. The average Bonchev–Trinajstić information content (AvgIpc) is 2.54. The Labute approximate surface area is 149 Å². The Kier molecular flexibility index (Phi) is 6.08. The van der Waals surface area contributed by atoms with Crippen molar-refractivity contribution in [2.75, 3.05) is 16.8 Å². The molecule has 2 aromatic carbocycles. The van der Waals surface area contributed by atoms with Gasteiger partial charge in [0.1, 0.15) is 5.60 Å². The predicted molar refractivity (Wildman–Crippen MR) is 103 cm³/mol. The van der Waals surface area contributed by atoms with Gasteiger partial charge in [-0.25, -0.2) is 4.79 Å². The average molecular weight is 336 g/mol. The summed E-state index contributed by atoms with van der Waals surface area (Å²) in [7, 11) is 0. The van der Waals surface area contributed by atoms with Crippen LogP contribution in [0.25, 0.3) is 0 Å². The Morgan fingerprint density at radius 1 is 1.12 bits per heavy atom. The van der Waals surface area contributed by atoms with Crippen LogP contribution in [0.4, 0.5) is 16.2 Å². The van der Waals surface area contributed by atoms with Crippen molar-refractivity contribution in [2.45, 2.75) is 32.9 Å². The van der Waals surface area contributed by atoms with E-state index in [1.807, 2.05) is 63.2 Å². The van der Waals surface area contributed by atoms with E-state index in [1.54, 1.807) is 0 Å². The minimum atomic E-state index is -0.525. The van der Waals surface area contributed by atoms with Gasteiger partial charge in [0.2, 0.25) is 0 Å². The highest BCUT2D eigenvalue weighted by molar-refractivity contribution is 5.85. The fourth-order valence-electron chi connectivity index (χ4n) is 2.33. The van der Waals surface area contributed by atoms with Crippen molar-refractivity contribution < 1.29 is 9.53 Å². The third-order valence-corrected chi connectivity index (χ3v) is 3.38. The highest BCUT2D eigenvalue weighted by atomic mass is 16.6. The van der Waals surface area contributed by atoms with Gasteiger partial charge in [-0.05, 0) is 50.6 Å². The smallest absolute Gasteiger partial charge is 0.412 e. The van der Waals surface area contributed by atoms with Crippen molar-refractivity contribution in [1.82, 2.24) is 0 Å². The largest absolute Gasteiger partial charge is 0.444 e. The number of nitrogens with zero attached hydrogens (tertiary/aromatic N) is 1. The molecule has 4 nitrogen and oxygen atoms in total. The number of nitrogens with one attached hydrogen (secondary N) is 1. The lowest BCUT2D eigenvalue weighted by molar-refractivity contribution is 0.0636. The lowest BCUT2D eigenvalue weighted by Crippen LogP contribution is -2.27. The van der Waals surface area contributed by atoms with E-state index in [4.69, 9.17) is 11.2 Å². The van der Waals surface area contributed by atoms with Crippen LogP contribution in [0.2, 0.25) is 0 Å². The number of ether oxygens (including phenoxy) is 1. The topological polar surface area (TPSA) is 41.6 Å². The zero-order valence-corrected chi connectivity index (χ0v) is 15.0. The van der Waals surface area contributed by atoms with Gasteiger partial charge in [-0.3, -0.25) is 5.32 Å². The first-order valence-electron chi connectivity index (χ1n) is 8.20. The van der Waals surface area contributed by atoms with E-state index in [9.17, 15) is 4.79 Å². The molecule has 0 fully saturated rings. The van der Waals surface area contributed by atoms with Crippen LogP contribution < -0.4 is 10.2 Å². The van der Waals surface area contributed by atoms with Gasteiger partial charge in [0, 0.05) is 17.9 Å². The number of terminal acetylenes is 1. The summed E-state index contributed by atoms with van der Waals surface area (Å²) < 4.78 is 5.25. The highest BCUT2D eigenvalue weighted by Gasteiger charge is 2.16.